The summed E-state index contributed by atoms with van der Waals surface area (Å²) in [5.41, 5.74) is 7.66. The summed E-state index contributed by atoms with van der Waals surface area (Å²) in [6.07, 6.45) is 2.82. The lowest BCUT2D eigenvalue weighted by Crippen LogP contribution is -2.48. The molecule has 0 saturated carbocycles. The zero-order chi connectivity index (χ0) is 17.5. The molecule has 2 heterocycles. The molecule has 1 aromatic rings. The van der Waals surface area contributed by atoms with E-state index in [-0.39, 0.29) is 18.0 Å². The first kappa shape index (κ1) is 18.3. The van der Waals surface area contributed by atoms with Crippen LogP contribution in [-0.2, 0) is 14.3 Å². The Morgan fingerprint density at radius 2 is 1.92 bits per heavy atom. The number of benzene rings is 1. The highest BCUT2D eigenvalue weighted by Crippen LogP contribution is 2.24. The lowest BCUT2D eigenvalue weighted by atomic mass is 9.96. The largest absolute Gasteiger partial charge is 0.382 e. The summed E-state index contributed by atoms with van der Waals surface area (Å²) in [5.74, 6) is 0.761. The standard InChI is InChI=1S/C19H29N3O3/c1-24-11-12-25-14-15-7-9-22(10-8-15)19(23)18-13-17(20-21-18)16-5-3-2-4-6-16/h2-6,15,17-18,20-21H,7-14H2,1H3. The molecule has 138 valence electrons. The highest BCUT2D eigenvalue weighted by Gasteiger charge is 2.34. The van der Waals surface area contributed by atoms with Crippen molar-refractivity contribution >= 4 is 5.91 Å². The normalized spacial score (nSPS) is 24.6. The minimum atomic E-state index is -0.139. The SMILES string of the molecule is COCCOCC1CCN(C(=O)C2CC(c3ccccc3)NN2)CC1. The molecule has 2 fully saturated rings. The first-order valence-corrected chi connectivity index (χ1v) is 9.19. The topological polar surface area (TPSA) is 62.8 Å². The molecule has 6 nitrogen and oxygen atoms in total. The van der Waals surface area contributed by atoms with E-state index in [9.17, 15) is 4.79 Å². The molecule has 2 aliphatic rings. The van der Waals surface area contributed by atoms with Gasteiger partial charge >= 0.3 is 0 Å². The van der Waals surface area contributed by atoms with Crippen molar-refractivity contribution in [2.75, 3.05) is 40.0 Å². The number of carbonyl (C=O) groups excluding carboxylic acids is 1. The van der Waals surface area contributed by atoms with E-state index >= 15 is 0 Å². The van der Waals surface area contributed by atoms with Crippen LogP contribution in [0, 0.1) is 5.92 Å². The van der Waals surface area contributed by atoms with Crippen molar-refractivity contribution in [2.24, 2.45) is 5.92 Å². The number of nitrogens with zero attached hydrogens (tertiary/aromatic N) is 1. The van der Waals surface area contributed by atoms with Crippen molar-refractivity contribution in [3.8, 4) is 0 Å². The maximum atomic E-state index is 12.8. The van der Waals surface area contributed by atoms with Crippen LogP contribution in [0.5, 0.6) is 0 Å². The molecule has 0 bridgehead atoms. The molecule has 25 heavy (non-hydrogen) atoms. The number of amides is 1. The van der Waals surface area contributed by atoms with Crippen LogP contribution in [0.25, 0.3) is 0 Å². The third-order valence-electron chi connectivity index (χ3n) is 5.11. The average molecular weight is 347 g/mol. The molecule has 0 spiro atoms. The number of carbonyl (C=O) groups is 1. The molecule has 1 amide bonds. The van der Waals surface area contributed by atoms with Gasteiger partial charge in [0, 0.05) is 32.8 Å². The van der Waals surface area contributed by atoms with Gasteiger partial charge in [-0.2, -0.15) is 0 Å². The number of hydrogen-bond acceptors (Lipinski definition) is 5. The third-order valence-corrected chi connectivity index (χ3v) is 5.11. The van der Waals surface area contributed by atoms with Crippen molar-refractivity contribution in [2.45, 2.75) is 31.3 Å². The maximum Gasteiger partial charge on any atom is 0.241 e. The zero-order valence-electron chi connectivity index (χ0n) is 14.9. The van der Waals surface area contributed by atoms with Gasteiger partial charge in [0.05, 0.1) is 13.2 Å². The van der Waals surface area contributed by atoms with E-state index in [0.29, 0.717) is 19.1 Å². The van der Waals surface area contributed by atoms with Crippen molar-refractivity contribution in [1.29, 1.82) is 0 Å². The summed E-state index contributed by atoms with van der Waals surface area (Å²) in [4.78, 5) is 14.8. The number of rotatable bonds is 7. The van der Waals surface area contributed by atoms with Crippen LogP contribution in [0.2, 0.25) is 0 Å². The van der Waals surface area contributed by atoms with Crippen LogP contribution in [0.3, 0.4) is 0 Å². The molecule has 3 rings (SSSR count). The van der Waals surface area contributed by atoms with Gasteiger partial charge < -0.3 is 14.4 Å². The van der Waals surface area contributed by atoms with Crippen LogP contribution in [0.4, 0.5) is 0 Å². The van der Waals surface area contributed by atoms with Crippen LogP contribution >= 0.6 is 0 Å². The molecule has 0 aromatic heterocycles. The summed E-state index contributed by atoms with van der Waals surface area (Å²) in [5, 5.41) is 0. The van der Waals surface area contributed by atoms with Gasteiger partial charge in [-0.25, -0.2) is 10.9 Å². The average Bonchev–Trinajstić information content (AvgIpc) is 3.16. The minimum Gasteiger partial charge on any atom is -0.382 e. The second kappa shape index (κ2) is 9.29. The highest BCUT2D eigenvalue weighted by molar-refractivity contribution is 5.82. The summed E-state index contributed by atoms with van der Waals surface area (Å²) in [6, 6.07) is 10.3. The van der Waals surface area contributed by atoms with Crippen LogP contribution in [0.1, 0.15) is 30.9 Å². The monoisotopic (exact) mass is 347 g/mol. The Morgan fingerprint density at radius 1 is 1.16 bits per heavy atom. The Labute approximate surface area is 149 Å². The molecule has 2 aliphatic heterocycles. The van der Waals surface area contributed by atoms with Crippen LogP contribution < -0.4 is 10.9 Å². The molecule has 2 unspecified atom stereocenters. The fourth-order valence-electron chi connectivity index (χ4n) is 3.55. The second-order valence-electron chi connectivity index (χ2n) is 6.88. The minimum absolute atomic E-state index is 0.139. The van der Waals surface area contributed by atoms with E-state index in [1.807, 2.05) is 23.1 Å². The zero-order valence-corrected chi connectivity index (χ0v) is 14.9. The predicted octanol–water partition coefficient (Wildman–Crippen LogP) is 1.50. The number of likely N-dealkylation sites (tertiary alicyclic amines) is 1. The Bertz CT molecular complexity index is 532. The summed E-state index contributed by atoms with van der Waals surface area (Å²) >= 11 is 0. The number of ether oxygens (including phenoxy) is 2. The number of hydrogen-bond donors (Lipinski definition) is 2. The molecule has 2 N–H and O–H groups in total. The smallest absolute Gasteiger partial charge is 0.241 e. The van der Waals surface area contributed by atoms with E-state index in [0.717, 1.165) is 39.0 Å². The van der Waals surface area contributed by atoms with Gasteiger partial charge in [-0.3, -0.25) is 4.79 Å². The van der Waals surface area contributed by atoms with Gasteiger partial charge in [0.25, 0.3) is 0 Å². The van der Waals surface area contributed by atoms with Crippen LogP contribution in [-0.4, -0.2) is 56.9 Å². The van der Waals surface area contributed by atoms with Gasteiger partial charge in [-0.1, -0.05) is 30.3 Å². The number of hydrazine groups is 1. The molecule has 6 heteroatoms. The Hall–Kier alpha value is -1.47. The van der Waals surface area contributed by atoms with Gasteiger partial charge in [-0.05, 0) is 30.7 Å². The highest BCUT2D eigenvalue weighted by atomic mass is 16.5. The molecular formula is C19H29N3O3. The lowest BCUT2D eigenvalue weighted by Gasteiger charge is -2.33. The molecule has 2 atom stereocenters. The van der Waals surface area contributed by atoms with Gasteiger partial charge in [0.1, 0.15) is 6.04 Å². The second-order valence-corrected chi connectivity index (χ2v) is 6.88. The number of nitrogens with one attached hydrogen (secondary N) is 2. The van der Waals surface area contributed by atoms with Gasteiger partial charge in [0.2, 0.25) is 5.91 Å². The number of methoxy groups -OCH3 is 1. The van der Waals surface area contributed by atoms with E-state index in [4.69, 9.17) is 9.47 Å². The Balaban J connectivity index is 1.41. The summed E-state index contributed by atoms with van der Waals surface area (Å²) in [6.45, 7) is 3.70. The number of piperidine rings is 1. The van der Waals surface area contributed by atoms with E-state index in [1.165, 1.54) is 5.56 Å². The quantitative estimate of drug-likeness (QED) is 0.732. The lowest BCUT2D eigenvalue weighted by molar-refractivity contribution is -0.134. The Kier molecular flexibility index (Phi) is 6.81. The van der Waals surface area contributed by atoms with Gasteiger partial charge in [-0.15, -0.1) is 0 Å². The first-order valence-electron chi connectivity index (χ1n) is 9.19. The molecule has 0 radical (unpaired) electrons. The molecular weight excluding hydrogens is 318 g/mol. The van der Waals surface area contributed by atoms with E-state index < -0.39 is 0 Å². The van der Waals surface area contributed by atoms with Crippen LogP contribution in [0.15, 0.2) is 30.3 Å². The molecule has 1 aromatic carbocycles. The van der Waals surface area contributed by atoms with Crippen molar-refractivity contribution in [3.05, 3.63) is 35.9 Å². The molecule has 0 aliphatic carbocycles. The summed E-state index contributed by atoms with van der Waals surface area (Å²) < 4.78 is 10.6. The third kappa shape index (κ3) is 5.01. The fourth-order valence-corrected chi connectivity index (χ4v) is 3.55. The van der Waals surface area contributed by atoms with Crippen molar-refractivity contribution in [1.82, 2.24) is 15.8 Å². The van der Waals surface area contributed by atoms with Gasteiger partial charge in [0.15, 0.2) is 0 Å². The van der Waals surface area contributed by atoms with Crippen molar-refractivity contribution < 1.29 is 14.3 Å². The fraction of sp³-hybridized carbons (Fsp3) is 0.632. The Morgan fingerprint density at radius 3 is 2.64 bits per heavy atom. The van der Waals surface area contributed by atoms with E-state index in [2.05, 4.69) is 23.0 Å². The first-order chi connectivity index (χ1) is 12.3. The van der Waals surface area contributed by atoms with E-state index in [1.54, 1.807) is 7.11 Å². The molecule has 2 saturated heterocycles. The predicted molar refractivity (Wildman–Crippen MR) is 95.9 cm³/mol. The maximum absolute atomic E-state index is 12.8. The van der Waals surface area contributed by atoms with Crippen molar-refractivity contribution in [3.63, 3.8) is 0 Å². The summed E-state index contributed by atoms with van der Waals surface area (Å²) in [7, 11) is 1.68.